The molecule has 0 aliphatic carbocycles. The van der Waals surface area contributed by atoms with Gasteiger partial charge >= 0.3 is 0 Å². The molecule has 0 saturated heterocycles. The summed E-state index contributed by atoms with van der Waals surface area (Å²) < 4.78 is 3.96. The van der Waals surface area contributed by atoms with Crippen molar-refractivity contribution in [1.82, 2.24) is 9.97 Å². The van der Waals surface area contributed by atoms with Crippen LogP contribution in [0.2, 0.25) is 0 Å². The summed E-state index contributed by atoms with van der Waals surface area (Å²) in [6.07, 6.45) is 2.39. The Bertz CT molecular complexity index is 1040. The van der Waals surface area contributed by atoms with Gasteiger partial charge in [0, 0.05) is 6.42 Å². The number of unbranched alkanes of at least 4 members (excludes halogenated alkanes) is 1. The molecular weight excluding hydrogens is 429 g/mol. The number of carbonyl (C=O) groups excluding carboxylic acids is 1. The summed E-state index contributed by atoms with van der Waals surface area (Å²) >= 11 is 7.02. The number of hydrogen-bond donors (Lipinski definition) is 2. The largest absolute Gasteiger partial charge is 0.358 e. The summed E-state index contributed by atoms with van der Waals surface area (Å²) in [5, 5.41) is 11.3. The maximum absolute atomic E-state index is 11.0. The fraction of sp³-hybridized carbons (Fsp3) is 0.200. The SMILES string of the molecule is O=C(S)CCCCC(O)=S(c1nc2ccccc2s1)c1nc2ccccc2s1. The first-order chi connectivity index (χ1) is 13.6. The second-order valence-electron chi connectivity index (χ2n) is 6.20. The van der Waals surface area contributed by atoms with Crippen LogP contribution in [0.1, 0.15) is 25.7 Å². The molecule has 0 fully saturated rings. The number of thiazole rings is 2. The Morgan fingerprint density at radius 2 is 1.39 bits per heavy atom. The van der Waals surface area contributed by atoms with Crippen molar-refractivity contribution in [2.24, 2.45) is 0 Å². The number of aromatic nitrogens is 2. The van der Waals surface area contributed by atoms with E-state index < -0.39 is 10.5 Å². The van der Waals surface area contributed by atoms with Crippen LogP contribution in [0.4, 0.5) is 0 Å². The van der Waals surface area contributed by atoms with E-state index >= 15 is 0 Å². The molecule has 0 amide bonds. The van der Waals surface area contributed by atoms with Gasteiger partial charge in [0.2, 0.25) is 0 Å². The zero-order chi connectivity index (χ0) is 19.5. The lowest BCUT2D eigenvalue weighted by atomic mass is 10.2. The van der Waals surface area contributed by atoms with Gasteiger partial charge < -0.3 is 5.11 Å². The van der Waals surface area contributed by atoms with Crippen LogP contribution in [0.15, 0.2) is 57.2 Å². The predicted octanol–water partition coefficient (Wildman–Crippen LogP) is 6.30. The molecule has 4 rings (SSSR count). The van der Waals surface area contributed by atoms with Gasteiger partial charge in [-0.05, 0) is 54.0 Å². The highest BCUT2D eigenvalue weighted by Gasteiger charge is 2.18. The maximum atomic E-state index is 11.0. The summed E-state index contributed by atoms with van der Waals surface area (Å²) in [4.78, 5) is 20.6. The van der Waals surface area contributed by atoms with Gasteiger partial charge in [-0.2, -0.15) is 0 Å². The van der Waals surface area contributed by atoms with Gasteiger partial charge in [-0.15, -0.1) is 35.3 Å². The second kappa shape index (κ2) is 8.84. The number of benzene rings is 2. The molecule has 0 radical (unpaired) electrons. The molecule has 1 N–H and O–H groups in total. The molecule has 0 aliphatic heterocycles. The third-order valence-electron chi connectivity index (χ3n) is 4.16. The van der Waals surface area contributed by atoms with Crippen LogP contribution in [0.3, 0.4) is 0 Å². The van der Waals surface area contributed by atoms with E-state index in [1.54, 1.807) is 22.7 Å². The Morgan fingerprint density at radius 1 is 0.893 bits per heavy atom. The number of aliphatic hydroxyl groups excluding tert-OH is 1. The zero-order valence-corrected chi connectivity index (χ0v) is 18.2. The number of carbonyl (C=O) groups is 1. The molecule has 4 nitrogen and oxygen atoms in total. The fourth-order valence-electron chi connectivity index (χ4n) is 2.81. The predicted molar refractivity (Wildman–Crippen MR) is 123 cm³/mol. The van der Waals surface area contributed by atoms with E-state index in [9.17, 15) is 9.90 Å². The van der Waals surface area contributed by atoms with Crippen molar-refractivity contribution in [2.75, 3.05) is 0 Å². The monoisotopic (exact) mass is 446 g/mol. The smallest absolute Gasteiger partial charge is 0.185 e. The van der Waals surface area contributed by atoms with Crippen molar-refractivity contribution in [2.45, 2.75) is 34.4 Å². The molecule has 4 aromatic rings. The van der Waals surface area contributed by atoms with Crippen molar-refractivity contribution in [3.8, 4) is 0 Å². The fourth-order valence-corrected chi connectivity index (χ4v) is 8.05. The third kappa shape index (κ3) is 4.36. The van der Waals surface area contributed by atoms with E-state index in [0.717, 1.165) is 35.5 Å². The molecule has 8 heteroatoms. The average Bonchev–Trinajstić information content (AvgIpc) is 3.29. The lowest BCUT2D eigenvalue weighted by Crippen LogP contribution is -1.99. The van der Waals surface area contributed by atoms with Crippen molar-refractivity contribution < 1.29 is 9.90 Å². The Balaban J connectivity index is 1.75. The molecule has 0 spiro atoms. The Kier molecular flexibility index (Phi) is 6.22. The minimum atomic E-state index is -0.692. The molecule has 0 aliphatic rings. The molecule has 144 valence electrons. The number of rotatable bonds is 7. The van der Waals surface area contributed by atoms with E-state index in [1.807, 2.05) is 48.5 Å². The van der Waals surface area contributed by atoms with Gasteiger partial charge in [-0.25, -0.2) is 9.97 Å². The molecule has 2 aromatic heterocycles. The van der Waals surface area contributed by atoms with E-state index in [0.29, 0.717) is 24.3 Å². The van der Waals surface area contributed by atoms with E-state index in [1.165, 1.54) is 0 Å². The minimum absolute atomic E-state index is 0.115. The summed E-state index contributed by atoms with van der Waals surface area (Å²) in [5.74, 6) is 0. The van der Waals surface area contributed by atoms with Crippen LogP contribution in [0.25, 0.3) is 20.4 Å². The normalized spacial score (nSPS) is 11.5. The molecule has 0 unspecified atom stereocenters. The van der Waals surface area contributed by atoms with Gasteiger partial charge in [0.1, 0.15) is 0 Å². The second-order valence-corrected chi connectivity index (χ2v) is 11.1. The van der Waals surface area contributed by atoms with Crippen LogP contribution in [-0.4, -0.2) is 25.2 Å². The summed E-state index contributed by atoms with van der Waals surface area (Å²) in [5.41, 5.74) is 1.88. The third-order valence-corrected chi connectivity index (χ3v) is 9.11. The Morgan fingerprint density at radius 3 is 1.89 bits per heavy atom. The Hall–Kier alpha value is -1.58. The zero-order valence-electron chi connectivity index (χ0n) is 14.9. The van der Waals surface area contributed by atoms with Gasteiger partial charge in [0.05, 0.1) is 25.5 Å². The minimum Gasteiger partial charge on any atom is -0.358 e. The summed E-state index contributed by atoms with van der Waals surface area (Å²) in [6.45, 7) is 0. The quantitative estimate of drug-likeness (QED) is 0.199. The molecule has 0 atom stereocenters. The average molecular weight is 447 g/mol. The number of nitrogens with zero attached hydrogens (tertiary/aromatic N) is 2. The van der Waals surface area contributed by atoms with Crippen molar-refractivity contribution >= 4 is 76.4 Å². The van der Waals surface area contributed by atoms with Gasteiger partial charge in [0.15, 0.2) is 13.8 Å². The highest BCUT2D eigenvalue weighted by atomic mass is 32.2. The molecule has 28 heavy (non-hydrogen) atoms. The standard InChI is InChI=1S/C20H18N2O2S4/c23-17(25)11-5-6-12-18(24)28(19-21-13-7-1-3-9-15(13)26-19)20-22-14-8-2-4-10-16(14)27-20/h1-4,7-10,24H,5-6,11-12H2,(H,23,25). The van der Waals surface area contributed by atoms with Crippen LogP contribution >= 0.6 is 45.8 Å². The van der Waals surface area contributed by atoms with Crippen LogP contribution in [-0.2, 0) is 4.79 Å². The van der Waals surface area contributed by atoms with Crippen molar-refractivity contribution in [1.29, 1.82) is 0 Å². The first-order valence-corrected chi connectivity index (χ1v) is 12.1. The number of para-hydroxylation sites is 2. The van der Waals surface area contributed by atoms with Crippen LogP contribution in [0, 0.1) is 0 Å². The number of fused-ring (bicyclic) bond motifs is 2. The topological polar surface area (TPSA) is 63.1 Å². The Labute approximate surface area is 178 Å². The summed E-state index contributed by atoms with van der Waals surface area (Å²) in [6, 6.07) is 16.0. The first-order valence-electron chi connectivity index (χ1n) is 8.84. The van der Waals surface area contributed by atoms with E-state index in [2.05, 4.69) is 12.6 Å². The van der Waals surface area contributed by atoms with Crippen LogP contribution in [0.5, 0.6) is 0 Å². The summed E-state index contributed by atoms with van der Waals surface area (Å²) in [7, 11) is -0.692. The highest BCUT2D eigenvalue weighted by molar-refractivity contribution is 8.18. The molecule has 0 saturated carbocycles. The molecular formula is C20H18N2O2S4. The first kappa shape index (κ1) is 19.7. The van der Waals surface area contributed by atoms with Crippen molar-refractivity contribution in [3.63, 3.8) is 0 Å². The lowest BCUT2D eigenvalue weighted by Gasteiger charge is -2.07. The molecule has 2 heterocycles. The van der Waals surface area contributed by atoms with Gasteiger partial charge in [-0.1, -0.05) is 24.3 Å². The van der Waals surface area contributed by atoms with Gasteiger partial charge in [-0.3, -0.25) is 4.79 Å². The van der Waals surface area contributed by atoms with Crippen molar-refractivity contribution in [3.05, 3.63) is 48.5 Å². The number of thiol groups is 1. The molecule has 0 bridgehead atoms. The lowest BCUT2D eigenvalue weighted by molar-refractivity contribution is -0.110. The number of aliphatic hydroxyl groups is 1. The highest BCUT2D eigenvalue weighted by Crippen LogP contribution is 2.44. The number of hydrogen-bond acceptors (Lipinski definition) is 5. The molecule has 2 aromatic carbocycles. The van der Waals surface area contributed by atoms with E-state index in [-0.39, 0.29) is 5.12 Å². The van der Waals surface area contributed by atoms with Crippen LogP contribution < -0.4 is 0 Å². The maximum Gasteiger partial charge on any atom is 0.185 e. The van der Waals surface area contributed by atoms with Gasteiger partial charge in [0.25, 0.3) is 0 Å². The van der Waals surface area contributed by atoms with E-state index in [4.69, 9.17) is 9.97 Å².